The second kappa shape index (κ2) is 7.10. The minimum atomic E-state index is 0.0595. The molecule has 0 bridgehead atoms. The number of carbonyl (C=O) groups is 1. The summed E-state index contributed by atoms with van der Waals surface area (Å²) >= 11 is 0. The van der Waals surface area contributed by atoms with Crippen LogP contribution in [0.5, 0.6) is 0 Å². The molecule has 0 spiro atoms. The van der Waals surface area contributed by atoms with Gasteiger partial charge in [0.05, 0.1) is 6.10 Å². The van der Waals surface area contributed by atoms with E-state index in [2.05, 4.69) is 19.2 Å². The molecule has 106 valence electrons. The number of nitrogens with one attached hydrogen (secondary N) is 1. The fraction of sp³-hybridized carbons (Fsp3) is 0.929. The van der Waals surface area contributed by atoms with Crippen molar-refractivity contribution in [3.63, 3.8) is 0 Å². The zero-order valence-electron chi connectivity index (χ0n) is 12.0. The van der Waals surface area contributed by atoms with Crippen molar-refractivity contribution < 1.29 is 9.53 Å². The molecule has 1 rings (SSSR count). The van der Waals surface area contributed by atoms with E-state index >= 15 is 0 Å². The fourth-order valence-corrected chi connectivity index (χ4v) is 2.58. The van der Waals surface area contributed by atoms with Crippen LogP contribution in [-0.4, -0.2) is 31.7 Å². The Kier molecular flexibility index (Phi) is 6.09. The van der Waals surface area contributed by atoms with Crippen LogP contribution in [0.3, 0.4) is 0 Å². The van der Waals surface area contributed by atoms with Crippen LogP contribution in [0.25, 0.3) is 0 Å². The third-order valence-electron chi connectivity index (χ3n) is 4.16. The van der Waals surface area contributed by atoms with Crippen LogP contribution in [0.2, 0.25) is 0 Å². The minimum absolute atomic E-state index is 0.0595. The molecular formula is C14H28N2O2. The van der Waals surface area contributed by atoms with Gasteiger partial charge in [0.25, 0.3) is 0 Å². The highest BCUT2D eigenvalue weighted by molar-refractivity contribution is 5.76. The van der Waals surface area contributed by atoms with E-state index in [0.717, 1.165) is 38.6 Å². The molecule has 1 fully saturated rings. The Hall–Kier alpha value is -0.610. The van der Waals surface area contributed by atoms with E-state index in [1.807, 2.05) is 0 Å². The lowest BCUT2D eigenvalue weighted by atomic mass is 9.64. The molecule has 0 aromatic carbocycles. The van der Waals surface area contributed by atoms with Gasteiger partial charge in [-0.25, -0.2) is 0 Å². The Morgan fingerprint density at radius 2 is 2.00 bits per heavy atom. The molecule has 0 saturated heterocycles. The second-order valence-electron chi connectivity index (χ2n) is 5.85. The molecule has 1 saturated carbocycles. The Morgan fingerprint density at radius 1 is 1.33 bits per heavy atom. The van der Waals surface area contributed by atoms with E-state index in [9.17, 15) is 4.79 Å². The van der Waals surface area contributed by atoms with Crippen molar-refractivity contribution in [2.24, 2.45) is 11.1 Å². The summed E-state index contributed by atoms with van der Waals surface area (Å²) in [5, 5.41) is 3.12. The number of unbranched alkanes of at least 4 members (excludes halogenated alkanes) is 3. The standard InChI is InChI=1S/C14H28N2O2/c1-14(2)11(10-12(14)18-3)16-13(17)8-6-4-5-7-9-15/h11-12H,4-10,15H2,1-3H3,(H,16,17). The number of nitrogens with two attached hydrogens (primary N) is 1. The van der Waals surface area contributed by atoms with Crippen LogP contribution in [-0.2, 0) is 9.53 Å². The Labute approximate surface area is 111 Å². The normalized spacial score (nSPS) is 25.6. The summed E-state index contributed by atoms with van der Waals surface area (Å²) in [7, 11) is 1.74. The van der Waals surface area contributed by atoms with Gasteiger partial charge < -0.3 is 15.8 Å². The van der Waals surface area contributed by atoms with Gasteiger partial charge in [-0.1, -0.05) is 26.7 Å². The van der Waals surface area contributed by atoms with Crippen molar-refractivity contribution in [3.8, 4) is 0 Å². The molecule has 0 radical (unpaired) electrons. The van der Waals surface area contributed by atoms with Gasteiger partial charge in [-0.3, -0.25) is 4.79 Å². The summed E-state index contributed by atoms with van der Waals surface area (Å²) < 4.78 is 5.38. The topological polar surface area (TPSA) is 64.3 Å². The zero-order chi connectivity index (χ0) is 13.6. The summed E-state index contributed by atoms with van der Waals surface area (Å²) in [5.74, 6) is 0.176. The van der Waals surface area contributed by atoms with Crippen molar-refractivity contribution in [1.29, 1.82) is 0 Å². The molecule has 3 N–H and O–H groups in total. The smallest absolute Gasteiger partial charge is 0.220 e. The molecule has 0 aromatic heterocycles. The van der Waals surface area contributed by atoms with Gasteiger partial charge in [0, 0.05) is 25.0 Å². The second-order valence-corrected chi connectivity index (χ2v) is 5.85. The molecule has 0 aliphatic heterocycles. The first kappa shape index (κ1) is 15.4. The Balaban J connectivity index is 2.14. The third kappa shape index (κ3) is 3.95. The summed E-state index contributed by atoms with van der Waals surface area (Å²) in [6.45, 7) is 5.05. The van der Waals surface area contributed by atoms with Gasteiger partial charge in [0.2, 0.25) is 5.91 Å². The van der Waals surface area contributed by atoms with E-state index in [1.165, 1.54) is 0 Å². The van der Waals surface area contributed by atoms with Crippen molar-refractivity contribution in [2.75, 3.05) is 13.7 Å². The lowest BCUT2D eigenvalue weighted by Gasteiger charge is -2.51. The monoisotopic (exact) mass is 256 g/mol. The first-order chi connectivity index (χ1) is 8.52. The van der Waals surface area contributed by atoms with Crippen LogP contribution in [0, 0.1) is 5.41 Å². The maximum atomic E-state index is 11.8. The van der Waals surface area contributed by atoms with E-state index in [-0.39, 0.29) is 23.5 Å². The number of rotatable bonds is 8. The number of methoxy groups -OCH3 is 1. The van der Waals surface area contributed by atoms with E-state index < -0.39 is 0 Å². The predicted molar refractivity (Wildman–Crippen MR) is 73.3 cm³/mol. The molecule has 0 aromatic rings. The van der Waals surface area contributed by atoms with Gasteiger partial charge in [-0.05, 0) is 25.8 Å². The van der Waals surface area contributed by atoms with Crippen LogP contribution in [0.1, 0.15) is 52.4 Å². The van der Waals surface area contributed by atoms with E-state index in [1.54, 1.807) is 7.11 Å². The molecule has 0 heterocycles. The number of hydrogen-bond acceptors (Lipinski definition) is 3. The van der Waals surface area contributed by atoms with Crippen LogP contribution < -0.4 is 11.1 Å². The maximum Gasteiger partial charge on any atom is 0.220 e. The van der Waals surface area contributed by atoms with Crippen LogP contribution in [0.15, 0.2) is 0 Å². The van der Waals surface area contributed by atoms with E-state index in [0.29, 0.717) is 6.42 Å². The molecular weight excluding hydrogens is 228 g/mol. The van der Waals surface area contributed by atoms with Crippen LogP contribution in [0.4, 0.5) is 0 Å². The molecule has 1 amide bonds. The quantitative estimate of drug-likeness (QED) is 0.651. The molecule has 18 heavy (non-hydrogen) atoms. The molecule has 1 aliphatic rings. The highest BCUT2D eigenvalue weighted by Gasteiger charge is 2.49. The minimum Gasteiger partial charge on any atom is -0.381 e. The highest BCUT2D eigenvalue weighted by Crippen LogP contribution is 2.42. The molecule has 2 atom stereocenters. The van der Waals surface area contributed by atoms with Gasteiger partial charge in [-0.2, -0.15) is 0 Å². The first-order valence-electron chi connectivity index (χ1n) is 7.04. The average molecular weight is 256 g/mol. The number of carbonyl (C=O) groups excluding carboxylic acids is 1. The van der Waals surface area contributed by atoms with Gasteiger partial charge in [-0.15, -0.1) is 0 Å². The Bertz CT molecular complexity index is 267. The van der Waals surface area contributed by atoms with Gasteiger partial charge in [0.1, 0.15) is 0 Å². The number of hydrogen-bond donors (Lipinski definition) is 2. The Morgan fingerprint density at radius 3 is 2.56 bits per heavy atom. The summed E-state index contributed by atoms with van der Waals surface area (Å²) in [5.41, 5.74) is 5.49. The number of amides is 1. The predicted octanol–water partition coefficient (Wildman–Crippen LogP) is 1.83. The SMILES string of the molecule is COC1CC(NC(=O)CCCCCCN)C1(C)C. The van der Waals surface area contributed by atoms with Crippen molar-refractivity contribution in [2.45, 2.75) is 64.5 Å². The number of ether oxygens (including phenoxy) is 1. The first-order valence-corrected chi connectivity index (χ1v) is 7.04. The zero-order valence-corrected chi connectivity index (χ0v) is 12.0. The molecule has 4 heteroatoms. The van der Waals surface area contributed by atoms with Crippen molar-refractivity contribution in [1.82, 2.24) is 5.32 Å². The lowest BCUT2D eigenvalue weighted by Crippen LogP contribution is -2.61. The summed E-state index contributed by atoms with van der Waals surface area (Å²) in [6, 6.07) is 0.263. The lowest BCUT2D eigenvalue weighted by molar-refractivity contribution is -0.132. The molecule has 4 nitrogen and oxygen atoms in total. The third-order valence-corrected chi connectivity index (χ3v) is 4.16. The van der Waals surface area contributed by atoms with Gasteiger partial charge >= 0.3 is 0 Å². The largest absolute Gasteiger partial charge is 0.381 e. The van der Waals surface area contributed by atoms with Crippen molar-refractivity contribution in [3.05, 3.63) is 0 Å². The highest BCUT2D eigenvalue weighted by atomic mass is 16.5. The van der Waals surface area contributed by atoms with Crippen molar-refractivity contribution >= 4 is 5.91 Å². The summed E-state index contributed by atoms with van der Waals surface area (Å²) in [4.78, 5) is 11.8. The summed E-state index contributed by atoms with van der Waals surface area (Å²) in [6.07, 6.45) is 6.09. The average Bonchev–Trinajstić information content (AvgIpc) is 2.33. The van der Waals surface area contributed by atoms with Gasteiger partial charge in [0.15, 0.2) is 0 Å². The maximum absolute atomic E-state index is 11.8. The molecule has 2 unspecified atom stereocenters. The fourth-order valence-electron chi connectivity index (χ4n) is 2.58. The molecule has 1 aliphatic carbocycles. The van der Waals surface area contributed by atoms with Crippen LogP contribution >= 0.6 is 0 Å². The van der Waals surface area contributed by atoms with E-state index in [4.69, 9.17) is 10.5 Å².